The van der Waals surface area contributed by atoms with E-state index < -0.39 is 0 Å². The standard InChI is InChI=1S/C14H19BrN2S/c1-9(2)8-17(11-4-5-11)13-6-3-10(14(16)18)7-12(13)15/h3,6-7,9,11H,4-5,8H2,1-2H3,(H2,16,18). The van der Waals surface area contributed by atoms with Crippen LogP contribution in [0.5, 0.6) is 0 Å². The summed E-state index contributed by atoms with van der Waals surface area (Å²) < 4.78 is 1.08. The number of rotatable bonds is 5. The van der Waals surface area contributed by atoms with Gasteiger partial charge in [-0.3, -0.25) is 0 Å². The van der Waals surface area contributed by atoms with Gasteiger partial charge in [0, 0.05) is 22.6 Å². The van der Waals surface area contributed by atoms with Gasteiger partial charge in [-0.1, -0.05) is 26.1 Å². The lowest BCUT2D eigenvalue weighted by molar-refractivity contribution is 0.607. The van der Waals surface area contributed by atoms with Gasteiger partial charge in [-0.2, -0.15) is 0 Å². The molecule has 1 aliphatic rings. The fourth-order valence-corrected chi connectivity index (χ4v) is 2.85. The van der Waals surface area contributed by atoms with Crippen LogP contribution in [-0.4, -0.2) is 17.6 Å². The summed E-state index contributed by atoms with van der Waals surface area (Å²) in [7, 11) is 0. The van der Waals surface area contributed by atoms with Crippen LogP contribution in [0.4, 0.5) is 5.69 Å². The van der Waals surface area contributed by atoms with Gasteiger partial charge in [-0.25, -0.2) is 0 Å². The van der Waals surface area contributed by atoms with Gasteiger partial charge in [0.1, 0.15) is 4.99 Å². The molecule has 0 heterocycles. The van der Waals surface area contributed by atoms with E-state index in [1.807, 2.05) is 12.1 Å². The molecule has 0 atom stereocenters. The molecule has 0 radical (unpaired) electrons. The number of nitrogens with two attached hydrogens (primary N) is 1. The highest BCUT2D eigenvalue weighted by atomic mass is 79.9. The molecule has 1 aromatic carbocycles. The van der Waals surface area contributed by atoms with Crippen LogP contribution in [0.15, 0.2) is 22.7 Å². The molecule has 2 N–H and O–H groups in total. The zero-order chi connectivity index (χ0) is 13.3. The molecule has 0 aliphatic heterocycles. The zero-order valence-electron chi connectivity index (χ0n) is 10.8. The van der Waals surface area contributed by atoms with E-state index in [2.05, 4.69) is 40.7 Å². The maximum atomic E-state index is 5.66. The van der Waals surface area contributed by atoms with Crippen LogP contribution in [0.1, 0.15) is 32.3 Å². The first-order valence-electron chi connectivity index (χ1n) is 6.35. The first-order valence-corrected chi connectivity index (χ1v) is 7.55. The first-order chi connectivity index (χ1) is 8.49. The average Bonchev–Trinajstić information content (AvgIpc) is 3.09. The molecule has 0 aromatic heterocycles. The highest BCUT2D eigenvalue weighted by molar-refractivity contribution is 9.10. The van der Waals surface area contributed by atoms with Gasteiger partial charge >= 0.3 is 0 Å². The minimum absolute atomic E-state index is 0.448. The zero-order valence-corrected chi connectivity index (χ0v) is 13.2. The van der Waals surface area contributed by atoms with E-state index in [0.29, 0.717) is 16.9 Å². The van der Waals surface area contributed by atoms with Gasteiger partial charge in [-0.15, -0.1) is 0 Å². The Morgan fingerprint density at radius 3 is 2.61 bits per heavy atom. The van der Waals surface area contributed by atoms with Crippen molar-refractivity contribution in [3.05, 3.63) is 28.2 Å². The van der Waals surface area contributed by atoms with Crippen LogP contribution >= 0.6 is 28.1 Å². The van der Waals surface area contributed by atoms with Crippen molar-refractivity contribution >= 4 is 38.8 Å². The number of nitrogens with zero attached hydrogens (tertiary/aromatic N) is 1. The Hall–Kier alpha value is -0.610. The molecule has 0 saturated heterocycles. The topological polar surface area (TPSA) is 29.3 Å². The molecule has 1 aliphatic carbocycles. The molecule has 18 heavy (non-hydrogen) atoms. The van der Waals surface area contributed by atoms with Crippen molar-refractivity contribution in [1.29, 1.82) is 0 Å². The van der Waals surface area contributed by atoms with Gasteiger partial charge < -0.3 is 10.6 Å². The van der Waals surface area contributed by atoms with E-state index in [1.54, 1.807) is 0 Å². The van der Waals surface area contributed by atoms with Crippen LogP contribution in [0.2, 0.25) is 0 Å². The van der Waals surface area contributed by atoms with Gasteiger partial charge in [0.25, 0.3) is 0 Å². The van der Waals surface area contributed by atoms with Crippen molar-refractivity contribution < 1.29 is 0 Å². The molecule has 2 rings (SSSR count). The number of thiocarbonyl (C=S) groups is 1. The van der Waals surface area contributed by atoms with E-state index >= 15 is 0 Å². The van der Waals surface area contributed by atoms with Gasteiger partial charge in [0.2, 0.25) is 0 Å². The fourth-order valence-electron chi connectivity index (χ4n) is 2.12. The van der Waals surface area contributed by atoms with E-state index in [9.17, 15) is 0 Å². The van der Waals surface area contributed by atoms with E-state index in [0.717, 1.165) is 16.6 Å². The lowest BCUT2D eigenvalue weighted by Crippen LogP contribution is -2.30. The Morgan fingerprint density at radius 2 is 2.17 bits per heavy atom. The molecule has 0 unspecified atom stereocenters. The lowest BCUT2D eigenvalue weighted by atomic mass is 10.1. The summed E-state index contributed by atoms with van der Waals surface area (Å²) in [4.78, 5) is 2.95. The minimum atomic E-state index is 0.448. The largest absolute Gasteiger partial charge is 0.389 e. The normalized spacial score (nSPS) is 14.9. The number of hydrogen-bond donors (Lipinski definition) is 1. The van der Waals surface area contributed by atoms with Crippen molar-refractivity contribution in [2.75, 3.05) is 11.4 Å². The van der Waals surface area contributed by atoms with E-state index in [4.69, 9.17) is 18.0 Å². The summed E-state index contributed by atoms with van der Waals surface area (Å²) in [6, 6.07) is 6.87. The maximum Gasteiger partial charge on any atom is 0.104 e. The fraction of sp³-hybridized carbons (Fsp3) is 0.500. The number of benzene rings is 1. The van der Waals surface area contributed by atoms with E-state index in [-0.39, 0.29) is 0 Å². The summed E-state index contributed by atoms with van der Waals surface area (Å²) in [6.07, 6.45) is 2.60. The number of halogens is 1. The highest BCUT2D eigenvalue weighted by Gasteiger charge is 2.30. The Labute approximate surface area is 123 Å². The van der Waals surface area contributed by atoms with Crippen molar-refractivity contribution in [2.24, 2.45) is 11.7 Å². The third-order valence-corrected chi connectivity index (χ3v) is 3.96. The van der Waals surface area contributed by atoms with Gasteiger partial charge in [0.15, 0.2) is 0 Å². The van der Waals surface area contributed by atoms with Crippen LogP contribution in [0.25, 0.3) is 0 Å². The van der Waals surface area contributed by atoms with Crippen molar-refractivity contribution in [3.63, 3.8) is 0 Å². The summed E-state index contributed by atoms with van der Waals surface area (Å²) >= 11 is 8.65. The van der Waals surface area contributed by atoms with Gasteiger partial charge in [-0.05, 0) is 52.9 Å². The average molecular weight is 327 g/mol. The van der Waals surface area contributed by atoms with E-state index in [1.165, 1.54) is 18.5 Å². The molecule has 1 saturated carbocycles. The Balaban J connectivity index is 2.27. The quantitative estimate of drug-likeness (QED) is 0.836. The van der Waals surface area contributed by atoms with Gasteiger partial charge in [0.05, 0.1) is 5.69 Å². The Kier molecular flexibility index (Phi) is 4.28. The molecule has 0 spiro atoms. The van der Waals surface area contributed by atoms with Crippen LogP contribution < -0.4 is 10.6 Å². The molecule has 1 fully saturated rings. The molecule has 2 nitrogen and oxygen atoms in total. The SMILES string of the molecule is CC(C)CN(c1ccc(C(N)=S)cc1Br)C1CC1. The summed E-state index contributed by atoms with van der Waals surface area (Å²) in [6.45, 7) is 5.61. The van der Waals surface area contributed by atoms with Crippen LogP contribution in [0.3, 0.4) is 0 Å². The molecule has 0 bridgehead atoms. The molecule has 4 heteroatoms. The smallest absolute Gasteiger partial charge is 0.104 e. The van der Waals surface area contributed by atoms with Crippen molar-refractivity contribution in [2.45, 2.75) is 32.7 Å². The Bertz CT molecular complexity index is 455. The lowest BCUT2D eigenvalue weighted by Gasteiger charge is -2.28. The summed E-state index contributed by atoms with van der Waals surface area (Å²) in [5, 5.41) is 0. The molecular formula is C14H19BrN2S. The van der Waals surface area contributed by atoms with Crippen molar-refractivity contribution in [3.8, 4) is 0 Å². The van der Waals surface area contributed by atoms with Crippen molar-refractivity contribution in [1.82, 2.24) is 0 Å². The predicted octanol–water partition coefficient (Wildman–Crippen LogP) is 3.71. The monoisotopic (exact) mass is 326 g/mol. The van der Waals surface area contributed by atoms with Crippen LogP contribution in [-0.2, 0) is 0 Å². The number of anilines is 1. The van der Waals surface area contributed by atoms with Crippen LogP contribution in [0, 0.1) is 5.92 Å². The third-order valence-electron chi connectivity index (χ3n) is 3.09. The summed E-state index contributed by atoms with van der Waals surface area (Å²) in [5.41, 5.74) is 7.83. The molecule has 98 valence electrons. The second-order valence-corrected chi connectivity index (χ2v) is 6.60. The third kappa shape index (κ3) is 3.23. The summed E-state index contributed by atoms with van der Waals surface area (Å²) in [5.74, 6) is 0.660. The molecular weight excluding hydrogens is 308 g/mol. The first kappa shape index (κ1) is 13.8. The predicted molar refractivity (Wildman–Crippen MR) is 85.2 cm³/mol. The number of hydrogen-bond acceptors (Lipinski definition) is 2. The highest BCUT2D eigenvalue weighted by Crippen LogP contribution is 2.36. The molecule has 0 amide bonds. The molecule has 1 aromatic rings. The minimum Gasteiger partial charge on any atom is -0.389 e. The second-order valence-electron chi connectivity index (χ2n) is 5.31. The second kappa shape index (κ2) is 5.57. The maximum absolute atomic E-state index is 5.66. The Morgan fingerprint density at radius 1 is 1.50 bits per heavy atom.